The van der Waals surface area contributed by atoms with Gasteiger partial charge in [-0.2, -0.15) is 61.5 Å². The van der Waals surface area contributed by atoms with Crippen LogP contribution < -0.4 is 0 Å². The minimum Gasteiger partial charge on any atom is -0.294 e. The molecule has 0 aromatic heterocycles. The standard InChI is InChI=1S/C9H7F14N/c1-24(2-4(10,11)6(14,15)8(18,19)20)3-5(12,13)7(16,17)9(21,22)23/h2-3H2,1H3. The molecule has 0 rings (SSSR count). The molecule has 0 aromatic rings. The highest BCUT2D eigenvalue weighted by molar-refractivity contribution is 4.96. The van der Waals surface area contributed by atoms with Crippen LogP contribution in [0.3, 0.4) is 0 Å². The third kappa shape index (κ3) is 4.14. The number of alkyl halides is 14. The largest absolute Gasteiger partial charge is 0.459 e. The van der Waals surface area contributed by atoms with Gasteiger partial charge in [0.25, 0.3) is 0 Å². The fourth-order valence-electron chi connectivity index (χ4n) is 1.35. The second-order valence-electron chi connectivity index (χ2n) is 4.73. The predicted octanol–water partition coefficient (Wildman–Crippen LogP) is 4.58. The first-order valence-corrected chi connectivity index (χ1v) is 5.43. The minimum absolute atomic E-state index is 0.0548. The number of nitrogens with zero attached hydrogens (tertiary/aromatic N) is 1. The van der Waals surface area contributed by atoms with Gasteiger partial charge in [-0.25, -0.2) is 0 Å². The quantitative estimate of drug-likeness (QED) is 0.595. The molecular formula is C9H7F14N. The lowest BCUT2D eigenvalue weighted by Crippen LogP contribution is -2.60. The van der Waals surface area contributed by atoms with Crippen LogP contribution in [0.2, 0.25) is 0 Å². The first-order valence-electron chi connectivity index (χ1n) is 5.43. The predicted molar refractivity (Wildman–Crippen MR) is 49.4 cm³/mol. The summed E-state index contributed by atoms with van der Waals surface area (Å²) in [5.41, 5.74) is 0. The second-order valence-corrected chi connectivity index (χ2v) is 4.73. The van der Waals surface area contributed by atoms with E-state index in [1.54, 1.807) is 0 Å². The first-order chi connectivity index (χ1) is 10.1. The first kappa shape index (κ1) is 23.0. The normalized spacial score (nSPS) is 16.0. The summed E-state index contributed by atoms with van der Waals surface area (Å²) in [6.07, 6.45) is -13.6. The van der Waals surface area contributed by atoms with Crippen molar-refractivity contribution in [3.63, 3.8) is 0 Å². The van der Waals surface area contributed by atoms with Crippen molar-refractivity contribution >= 4 is 0 Å². The highest BCUT2D eigenvalue weighted by Gasteiger charge is 2.75. The highest BCUT2D eigenvalue weighted by atomic mass is 19.4. The molecule has 0 bridgehead atoms. The highest BCUT2D eigenvalue weighted by Crippen LogP contribution is 2.48. The Hall–Kier alpha value is -1.02. The van der Waals surface area contributed by atoms with Gasteiger partial charge in [0, 0.05) is 0 Å². The van der Waals surface area contributed by atoms with Gasteiger partial charge in [-0.3, -0.25) is 4.90 Å². The maximum absolute atomic E-state index is 12.9. The van der Waals surface area contributed by atoms with Crippen LogP contribution in [0.5, 0.6) is 0 Å². The van der Waals surface area contributed by atoms with Crippen molar-refractivity contribution in [3.05, 3.63) is 0 Å². The van der Waals surface area contributed by atoms with Gasteiger partial charge in [-0.05, 0) is 7.05 Å². The van der Waals surface area contributed by atoms with Gasteiger partial charge in [0.2, 0.25) is 0 Å². The fourth-order valence-corrected chi connectivity index (χ4v) is 1.35. The molecule has 0 aliphatic heterocycles. The summed E-state index contributed by atoms with van der Waals surface area (Å²) >= 11 is 0. The third-order valence-corrected chi connectivity index (χ3v) is 2.57. The molecule has 0 aliphatic rings. The lowest BCUT2D eigenvalue weighted by molar-refractivity contribution is -0.364. The minimum atomic E-state index is -6.81. The average molecular weight is 395 g/mol. The van der Waals surface area contributed by atoms with E-state index in [0.717, 1.165) is 0 Å². The Morgan fingerprint density at radius 3 is 0.875 bits per heavy atom. The molecule has 0 aliphatic carbocycles. The van der Waals surface area contributed by atoms with Crippen molar-refractivity contribution in [1.82, 2.24) is 4.90 Å². The van der Waals surface area contributed by atoms with Gasteiger partial charge in [0.15, 0.2) is 0 Å². The molecule has 0 saturated carbocycles. The molecule has 0 radical (unpaired) electrons. The molecule has 0 spiro atoms. The Bertz CT molecular complexity index is 393. The van der Waals surface area contributed by atoms with Crippen LogP contribution in [0.1, 0.15) is 0 Å². The third-order valence-electron chi connectivity index (χ3n) is 2.57. The molecule has 1 nitrogen and oxygen atoms in total. The zero-order valence-electron chi connectivity index (χ0n) is 11.2. The molecule has 0 aromatic carbocycles. The van der Waals surface area contributed by atoms with Gasteiger partial charge >= 0.3 is 36.0 Å². The summed E-state index contributed by atoms with van der Waals surface area (Å²) in [5.74, 6) is -25.6. The molecule has 0 fully saturated rings. The van der Waals surface area contributed by atoms with Gasteiger partial charge in [-0.1, -0.05) is 0 Å². The summed E-state index contributed by atoms with van der Waals surface area (Å²) < 4.78 is 172. The average Bonchev–Trinajstić information content (AvgIpc) is 2.22. The molecule has 0 heterocycles. The summed E-state index contributed by atoms with van der Waals surface area (Å²) in [6.45, 7) is -5.72. The lowest BCUT2D eigenvalue weighted by Gasteiger charge is -2.34. The Morgan fingerprint density at radius 2 is 0.708 bits per heavy atom. The summed E-state index contributed by atoms with van der Waals surface area (Å²) in [6, 6.07) is 0. The molecule has 0 amide bonds. The van der Waals surface area contributed by atoms with E-state index in [4.69, 9.17) is 0 Å². The summed E-state index contributed by atoms with van der Waals surface area (Å²) in [4.78, 5) is -0.890. The molecule has 0 atom stereocenters. The van der Waals surface area contributed by atoms with Gasteiger partial charge in [0.1, 0.15) is 0 Å². The van der Waals surface area contributed by atoms with Crippen LogP contribution in [0.25, 0.3) is 0 Å². The van der Waals surface area contributed by atoms with E-state index >= 15 is 0 Å². The van der Waals surface area contributed by atoms with E-state index in [2.05, 4.69) is 0 Å². The van der Waals surface area contributed by atoms with Crippen LogP contribution in [0, 0.1) is 0 Å². The number of rotatable bonds is 6. The van der Waals surface area contributed by atoms with E-state index in [-0.39, 0.29) is 7.05 Å². The molecule has 24 heavy (non-hydrogen) atoms. The van der Waals surface area contributed by atoms with Crippen LogP contribution >= 0.6 is 0 Å². The van der Waals surface area contributed by atoms with Crippen molar-refractivity contribution in [3.8, 4) is 0 Å². The van der Waals surface area contributed by atoms with Gasteiger partial charge in [-0.15, -0.1) is 0 Å². The molecule has 146 valence electrons. The van der Waals surface area contributed by atoms with E-state index < -0.39 is 54.0 Å². The molecule has 0 N–H and O–H groups in total. The van der Waals surface area contributed by atoms with Crippen molar-refractivity contribution in [2.24, 2.45) is 0 Å². The molecular weight excluding hydrogens is 388 g/mol. The van der Waals surface area contributed by atoms with Gasteiger partial charge < -0.3 is 0 Å². The van der Waals surface area contributed by atoms with Gasteiger partial charge in [0.05, 0.1) is 13.1 Å². The summed E-state index contributed by atoms with van der Waals surface area (Å²) in [5, 5.41) is 0. The number of halogens is 14. The molecule has 0 unspecified atom stereocenters. The van der Waals surface area contributed by atoms with Crippen molar-refractivity contribution in [2.45, 2.75) is 36.0 Å². The zero-order chi connectivity index (χ0) is 20.0. The monoisotopic (exact) mass is 395 g/mol. The van der Waals surface area contributed by atoms with Crippen LogP contribution in [-0.2, 0) is 0 Å². The van der Waals surface area contributed by atoms with Crippen LogP contribution in [0.15, 0.2) is 0 Å². The Kier molecular flexibility index (Phi) is 5.80. The Morgan fingerprint density at radius 1 is 0.500 bits per heavy atom. The smallest absolute Gasteiger partial charge is 0.294 e. The van der Waals surface area contributed by atoms with Crippen molar-refractivity contribution in [1.29, 1.82) is 0 Å². The summed E-state index contributed by atoms with van der Waals surface area (Å²) in [7, 11) is -0.0548. The number of hydrogen-bond acceptors (Lipinski definition) is 1. The van der Waals surface area contributed by atoms with E-state index in [1.807, 2.05) is 0 Å². The van der Waals surface area contributed by atoms with Crippen molar-refractivity contribution in [2.75, 3.05) is 20.1 Å². The zero-order valence-corrected chi connectivity index (χ0v) is 11.2. The van der Waals surface area contributed by atoms with E-state index in [1.165, 1.54) is 0 Å². The number of hydrogen-bond donors (Lipinski definition) is 0. The molecule has 0 saturated heterocycles. The topological polar surface area (TPSA) is 3.24 Å². The maximum Gasteiger partial charge on any atom is 0.459 e. The maximum atomic E-state index is 12.9. The Labute approximate surface area is 124 Å². The van der Waals surface area contributed by atoms with E-state index in [0.29, 0.717) is 0 Å². The van der Waals surface area contributed by atoms with Crippen molar-refractivity contribution < 1.29 is 61.5 Å². The Balaban J connectivity index is 5.32. The van der Waals surface area contributed by atoms with E-state index in [9.17, 15) is 61.5 Å². The second kappa shape index (κ2) is 6.05. The SMILES string of the molecule is CN(CC(F)(F)C(F)(F)C(F)(F)F)CC(F)(F)C(F)(F)C(F)(F)F. The lowest BCUT2D eigenvalue weighted by atomic mass is 10.1. The van der Waals surface area contributed by atoms with Crippen LogP contribution in [-0.4, -0.2) is 61.1 Å². The molecule has 15 heteroatoms. The van der Waals surface area contributed by atoms with Crippen LogP contribution in [0.4, 0.5) is 61.5 Å². The fraction of sp³-hybridized carbons (Fsp3) is 1.00.